The average molecular weight is 505 g/mol. The number of nitrogens with one attached hydrogen (secondary N) is 1. The SMILES string of the molecule is CCC(CNC(=O)CN(c1ccc(Cl)cc1Cl)S(=O)(=O)c1ccccc1)Cc1ccccc1. The quantitative estimate of drug-likeness (QED) is 0.392. The summed E-state index contributed by atoms with van der Waals surface area (Å²) in [5.74, 6) is -0.179. The largest absolute Gasteiger partial charge is 0.354 e. The number of amides is 1. The molecule has 174 valence electrons. The molecule has 0 saturated heterocycles. The maximum Gasteiger partial charge on any atom is 0.264 e. The van der Waals surface area contributed by atoms with Crippen LogP contribution in [0.1, 0.15) is 18.9 Å². The molecule has 1 unspecified atom stereocenters. The Kier molecular flexibility index (Phi) is 8.78. The molecule has 1 amide bonds. The van der Waals surface area contributed by atoms with Crippen LogP contribution < -0.4 is 9.62 Å². The molecule has 1 N–H and O–H groups in total. The minimum atomic E-state index is -4.03. The summed E-state index contributed by atoms with van der Waals surface area (Å²) in [5.41, 5.74) is 1.39. The van der Waals surface area contributed by atoms with Gasteiger partial charge in [0.25, 0.3) is 10.0 Å². The Morgan fingerprint density at radius 2 is 1.61 bits per heavy atom. The molecular weight excluding hydrogens is 479 g/mol. The molecule has 0 aliphatic rings. The van der Waals surface area contributed by atoms with Gasteiger partial charge in [0.2, 0.25) is 5.91 Å². The van der Waals surface area contributed by atoms with E-state index in [1.54, 1.807) is 24.3 Å². The number of halogens is 2. The van der Waals surface area contributed by atoms with Crippen LogP contribution in [0.15, 0.2) is 83.8 Å². The van der Waals surface area contributed by atoms with E-state index in [2.05, 4.69) is 24.4 Å². The standard InChI is InChI=1S/C25H26Cl2N2O3S/c1-2-19(15-20-9-5-3-6-10-20)17-28-25(30)18-29(24-14-13-21(26)16-23(24)27)33(31,32)22-11-7-4-8-12-22/h3-14,16,19H,2,15,17-18H2,1H3,(H,28,30). The Morgan fingerprint density at radius 1 is 0.970 bits per heavy atom. The molecule has 3 rings (SSSR count). The van der Waals surface area contributed by atoms with E-state index in [0.717, 1.165) is 17.1 Å². The lowest BCUT2D eigenvalue weighted by Crippen LogP contribution is -2.42. The van der Waals surface area contributed by atoms with Crippen LogP contribution >= 0.6 is 23.2 Å². The lowest BCUT2D eigenvalue weighted by molar-refractivity contribution is -0.119. The van der Waals surface area contributed by atoms with Crippen molar-refractivity contribution in [3.8, 4) is 0 Å². The minimum absolute atomic E-state index is 0.0688. The zero-order chi connectivity index (χ0) is 23.8. The normalized spacial score (nSPS) is 12.2. The fraction of sp³-hybridized carbons (Fsp3) is 0.240. The van der Waals surface area contributed by atoms with Gasteiger partial charge in [0.15, 0.2) is 0 Å². The van der Waals surface area contributed by atoms with E-state index < -0.39 is 22.5 Å². The van der Waals surface area contributed by atoms with Crippen LogP contribution in [0.3, 0.4) is 0 Å². The van der Waals surface area contributed by atoms with Crippen molar-refractivity contribution in [2.45, 2.75) is 24.7 Å². The summed E-state index contributed by atoms with van der Waals surface area (Å²) in [7, 11) is -4.03. The Morgan fingerprint density at radius 3 is 2.21 bits per heavy atom. The smallest absolute Gasteiger partial charge is 0.264 e. The second-order valence-corrected chi connectivity index (χ2v) is 10.4. The first-order valence-electron chi connectivity index (χ1n) is 10.6. The molecule has 3 aromatic carbocycles. The summed E-state index contributed by atoms with van der Waals surface area (Å²) in [6.45, 7) is 2.11. The van der Waals surface area contributed by atoms with Gasteiger partial charge in [-0.25, -0.2) is 8.42 Å². The van der Waals surface area contributed by atoms with Crippen LogP contribution in [0.25, 0.3) is 0 Å². The number of sulfonamides is 1. The van der Waals surface area contributed by atoms with Gasteiger partial charge in [0.1, 0.15) is 6.54 Å². The number of rotatable bonds is 10. The monoisotopic (exact) mass is 504 g/mol. The van der Waals surface area contributed by atoms with Crippen molar-refractivity contribution in [1.29, 1.82) is 0 Å². The molecule has 8 heteroatoms. The van der Waals surface area contributed by atoms with E-state index in [9.17, 15) is 13.2 Å². The van der Waals surface area contributed by atoms with Crippen molar-refractivity contribution in [2.75, 3.05) is 17.4 Å². The predicted octanol–water partition coefficient (Wildman–Crippen LogP) is 5.57. The Labute approximate surface area is 205 Å². The van der Waals surface area contributed by atoms with E-state index in [1.165, 1.54) is 29.8 Å². The predicted molar refractivity (Wildman–Crippen MR) is 134 cm³/mol. The Bertz CT molecular complexity index is 1170. The maximum absolute atomic E-state index is 13.4. The number of anilines is 1. The fourth-order valence-corrected chi connectivity index (χ4v) is 5.48. The van der Waals surface area contributed by atoms with Gasteiger partial charge in [0.05, 0.1) is 15.6 Å². The van der Waals surface area contributed by atoms with Gasteiger partial charge >= 0.3 is 0 Å². The molecule has 0 heterocycles. The third kappa shape index (κ3) is 6.73. The molecule has 33 heavy (non-hydrogen) atoms. The topological polar surface area (TPSA) is 66.5 Å². The van der Waals surface area contributed by atoms with Gasteiger partial charge in [-0.05, 0) is 48.2 Å². The molecule has 0 fully saturated rings. The van der Waals surface area contributed by atoms with Crippen molar-refractivity contribution in [3.05, 3.63) is 94.5 Å². The number of benzene rings is 3. The number of carbonyl (C=O) groups is 1. The van der Waals surface area contributed by atoms with Crippen molar-refractivity contribution in [3.63, 3.8) is 0 Å². The van der Waals surface area contributed by atoms with Crippen molar-refractivity contribution in [1.82, 2.24) is 5.32 Å². The highest BCUT2D eigenvalue weighted by Gasteiger charge is 2.29. The third-order valence-electron chi connectivity index (χ3n) is 5.33. The average Bonchev–Trinajstić information content (AvgIpc) is 2.82. The first-order valence-corrected chi connectivity index (χ1v) is 12.8. The molecule has 0 aromatic heterocycles. The van der Waals surface area contributed by atoms with E-state index in [4.69, 9.17) is 23.2 Å². The zero-order valence-electron chi connectivity index (χ0n) is 18.2. The summed E-state index contributed by atoms with van der Waals surface area (Å²) >= 11 is 12.3. The van der Waals surface area contributed by atoms with Gasteiger partial charge in [-0.15, -0.1) is 0 Å². The zero-order valence-corrected chi connectivity index (χ0v) is 20.6. The number of nitrogens with zero attached hydrogens (tertiary/aromatic N) is 1. The van der Waals surface area contributed by atoms with E-state index >= 15 is 0 Å². The molecule has 0 aliphatic heterocycles. The maximum atomic E-state index is 13.4. The Hall–Kier alpha value is -2.54. The second kappa shape index (κ2) is 11.5. The highest BCUT2D eigenvalue weighted by atomic mass is 35.5. The first kappa shape index (κ1) is 25.1. The van der Waals surface area contributed by atoms with Crippen LogP contribution in [0, 0.1) is 5.92 Å². The number of hydrogen-bond donors (Lipinski definition) is 1. The van der Waals surface area contributed by atoms with Gasteiger partial charge in [-0.2, -0.15) is 0 Å². The van der Waals surface area contributed by atoms with Gasteiger partial charge in [-0.1, -0.05) is 85.1 Å². The van der Waals surface area contributed by atoms with Crippen LogP contribution in [0.5, 0.6) is 0 Å². The molecule has 0 saturated carbocycles. The second-order valence-electron chi connectivity index (χ2n) is 7.69. The molecule has 0 spiro atoms. The summed E-state index contributed by atoms with van der Waals surface area (Å²) in [6.07, 6.45) is 1.71. The summed E-state index contributed by atoms with van der Waals surface area (Å²) in [5, 5.41) is 3.41. The molecular formula is C25H26Cl2N2O3S. The molecule has 5 nitrogen and oxygen atoms in total. The Balaban J connectivity index is 1.79. The van der Waals surface area contributed by atoms with Gasteiger partial charge in [0, 0.05) is 11.6 Å². The minimum Gasteiger partial charge on any atom is -0.354 e. The highest BCUT2D eigenvalue weighted by Crippen LogP contribution is 2.32. The molecule has 0 bridgehead atoms. The highest BCUT2D eigenvalue weighted by molar-refractivity contribution is 7.92. The van der Waals surface area contributed by atoms with Crippen LogP contribution in [0.2, 0.25) is 10.0 Å². The molecule has 0 radical (unpaired) electrons. The van der Waals surface area contributed by atoms with Crippen molar-refractivity contribution in [2.24, 2.45) is 5.92 Å². The van der Waals surface area contributed by atoms with Crippen molar-refractivity contribution >= 4 is 44.8 Å². The summed E-state index contributed by atoms with van der Waals surface area (Å²) < 4.78 is 27.8. The fourth-order valence-electron chi connectivity index (χ4n) is 3.46. The van der Waals surface area contributed by atoms with Crippen LogP contribution in [-0.2, 0) is 21.2 Å². The summed E-state index contributed by atoms with van der Waals surface area (Å²) in [6, 6.07) is 22.5. The van der Waals surface area contributed by atoms with E-state index in [1.807, 2.05) is 18.2 Å². The molecule has 0 aliphatic carbocycles. The van der Waals surface area contributed by atoms with Gasteiger partial charge in [-0.3, -0.25) is 9.10 Å². The van der Waals surface area contributed by atoms with E-state index in [-0.39, 0.29) is 21.5 Å². The number of carbonyl (C=O) groups excluding carboxylic acids is 1. The lowest BCUT2D eigenvalue weighted by Gasteiger charge is -2.25. The third-order valence-corrected chi connectivity index (χ3v) is 7.64. The summed E-state index contributed by atoms with van der Waals surface area (Å²) in [4.78, 5) is 12.9. The van der Waals surface area contributed by atoms with E-state index in [0.29, 0.717) is 11.6 Å². The number of hydrogen-bond acceptors (Lipinski definition) is 3. The lowest BCUT2D eigenvalue weighted by atomic mass is 9.97. The molecule has 3 aromatic rings. The molecule has 1 atom stereocenters. The van der Waals surface area contributed by atoms with Crippen LogP contribution in [-0.4, -0.2) is 27.4 Å². The first-order chi connectivity index (χ1) is 15.8. The van der Waals surface area contributed by atoms with Crippen LogP contribution in [0.4, 0.5) is 5.69 Å². The van der Waals surface area contributed by atoms with Gasteiger partial charge < -0.3 is 5.32 Å². The van der Waals surface area contributed by atoms with Crippen molar-refractivity contribution < 1.29 is 13.2 Å².